The second kappa shape index (κ2) is 9.70. The average molecular weight is 389 g/mol. The second-order valence-corrected chi connectivity index (χ2v) is 6.79. The Hall–Kier alpha value is -2.39. The van der Waals surface area contributed by atoms with Gasteiger partial charge in [-0.05, 0) is 29.3 Å². The molecule has 1 aromatic heterocycles. The fraction of sp³-hybridized carbons (Fsp3) is 0.400. The van der Waals surface area contributed by atoms with E-state index in [9.17, 15) is 19.4 Å². The lowest BCUT2D eigenvalue weighted by atomic mass is 10.1. The van der Waals surface area contributed by atoms with Gasteiger partial charge in [-0.2, -0.15) is 0 Å². The Kier molecular flexibility index (Phi) is 7.05. The number of amides is 1. The Labute approximate surface area is 162 Å². The van der Waals surface area contributed by atoms with E-state index < -0.39 is 24.4 Å². The molecular formula is C20H24FN3O4. The van der Waals surface area contributed by atoms with E-state index in [1.54, 1.807) is 30.6 Å². The number of aliphatic hydroxyl groups excluding tert-OH is 2. The molecule has 0 radical (unpaired) electrons. The Morgan fingerprint density at radius 3 is 2.54 bits per heavy atom. The lowest BCUT2D eigenvalue weighted by molar-refractivity contribution is -0.125. The molecule has 1 aromatic carbocycles. The molecule has 2 heterocycles. The average Bonchev–Trinajstić information content (AvgIpc) is 2.97. The summed E-state index contributed by atoms with van der Waals surface area (Å²) in [4.78, 5) is 16.1. The standard InChI is InChI=1S/C20H24FN3O4/c21-15-5-3-13(4-6-15)9-23-12-17-20(27)19(26)16(28-17)8-18(25)24-11-14-2-1-7-22-10-14/h1-7,10,16-17,19-20,23,26-27H,8-9,11-12H2,(H,24,25). The summed E-state index contributed by atoms with van der Waals surface area (Å²) in [6, 6.07) is 9.71. The summed E-state index contributed by atoms with van der Waals surface area (Å²) in [5.74, 6) is -0.578. The van der Waals surface area contributed by atoms with Gasteiger partial charge in [0.1, 0.15) is 18.0 Å². The predicted molar refractivity (Wildman–Crippen MR) is 99.5 cm³/mol. The first kappa shape index (κ1) is 20.3. The monoisotopic (exact) mass is 389 g/mol. The molecular weight excluding hydrogens is 365 g/mol. The first-order valence-corrected chi connectivity index (χ1v) is 9.15. The number of carbonyl (C=O) groups is 1. The van der Waals surface area contributed by atoms with E-state index in [4.69, 9.17) is 4.74 Å². The van der Waals surface area contributed by atoms with Crippen molar-refractivity contribution in [1.82, 2.24) is 15.6 Å². The zero-order valence-corrected chi connectivity index (χ0v) is 15.3. The minimum Gasteiger partial charge on any atom is -0.388 e. The highest BCUT2D eigenvalue weighted by molar-refractivity contribution is 5.76. The van der Waals surface area contributed by atoms with Crippen molar-refractivity contribution in [3.05, 3.63) is 65.7 Å². The molecule has 150 valence electrons. The van der Waals surface area contributed by atoms with Crippen molar-refractivity contribution in [3.8, 4) is 0 Å². The van der Waals surface area contributed by atoms with Gasteiger partial charge in [-0.3, -0.25) is 9.78 Å². The Morgan fingerprint density at radius 2 is 1.82 bits per heavy atom. The summed E-state index contributed by atoms with van der Waals surface area (Å²) in [5.41, 5.74) is 1.76. The van der Waals surface area contributed by atoms with Crippen molar-refractivity contribution in [2.75, 3.05) is 6.54 Å². The second-order valence-electron chi connectivity index (χ2n) is 6.79. The van der Waals surface area contributed by atoms with Crippen LogP contribution >= 0.6 is 0 Å². The largest absolute Gasteiger partial charge is 0.388 e. The van der Waals surface area contributed by atoms with Gasteiger partial charge in [0.05, 0.1) is 18.6 Å². The van der Waals surface area contributed by atoms with Crippen LogP contribution in [0.2, 0.25) is 0 Å². The molecule has 0 saturated carbocycles. The summed E-state index contributed by atoms with van der Waals surface area (Å²) >= 11 is 0. The topological polar surface area (TPSA) is 104 Å². The molecule has 28 heavy (non-hydrogen) atoms. The number of aromatic nitrogens is 1. The number of nitrogens with zero attached hydrogens (tertiary/aromatic N) is 1. The van der Waals surface area contributed by atoms with Crippen LogP contribution in [0.3, 0.4) is 0 Å². The maximum atomic E-state index is 12.9. The number of aliphatic hydroxyl groups is 2. The molecule has 1 aliphatic rings. The molecule has 0 aliphatic carbocycles. The maximum absolute atomic E-state index is 12.9. The van der Waals surface area contributed by atoms with Crippen molar-refractivity contribution in [3.63, 3.8) is 0 Å². The molecule has 1 fully saturated rings. The Bertz CT molecular complexity index is 760. The smallest absolute Gasteiger partial charge is 0.222 e. The lowest BCUT2D eigenvalue weighted by Crippen LogP contribution is -2.38. The molecule has 4 atom stereocenters. The van der Waals surface area contributed by atoms with Gasteiger partial charge in [-0.1, -0.05) is 18.2 Å². The normalized spacial score (nSPS) is 24.2. The van der Waals surface area contributed by atoms with Crippen LogP contribution in [0.4, 0.5) is 4.39 Å². The SMILES string of the molecule is O=C(CC1OC(CNCc2ccc(F)cc2)C(O)C1O)NCc1cccnc1. The molecule has 4 N–H and O–H groups in total. The number of benzene rings is 1. The maximum Gasteiger partial charge on any atom is 0.222 e. The zero-order valence-electron chi connectivity index (χ0n) is 15.3. The highest BCUT2D eigenvalue weighted by Gasteiger charge is 2.42. The van der Waals surface area contributed by atoms with Gasteiger partial charge < -0.3 is 25.6 Å². The highest BCUT2D eigenvalue weighted by Crippen LogP contribution is 2.23. The van der Waals surface area contributed by atoms with Gasteiger partial charge >= 0.3 is 0 Å². The van der Waals surface area contributed by atoms with Crippen LogP contribution in [0, 0.1) is 5.82 Å². The van der Waals surface area contributed by atoms with Crippen molar-refractivity contribution in [2.24, 2.45) is 0 Å². The summed E-state index contributed by atoms with van der Waals surface area (Å²) in [7, 11) is 0. The van der Waals surface area contributed by atoms with Gasteiger partial charge in [0, 0.05) is 32.0 Å². The fourth-order valence-electron chi connectivity index (χ4n) is 3.08. The van der Waals surface area contributed by atoms with Crippen LogP contribution in [0.1, 0.15) is 17.5 Å². The van der Waals surface area contributed by atoms with Gasteiger partial charge in [-0.25, -0.2) is 4.39 Å². The first-order valence-electron chi connectivity index (χ1n) is 9.15. The molecule has 8 heteroatoms. The third-order valence-electron chi connectivity index (χ3n) is 4.65. The van der Waals surface area contributed by atoms with Crippen LogP contribution in [0.5, 0.6) is 0 Å². The number of hydrogen-bond acceptors (Lipinski definition) is 6. The predicted octanol–water partition coefficient (Wildman–Crippen LogP) is 0.506. The number of carbonyl (C=O) groups excluding carboxylic acids is 1. The van der Waals surface area contributed by atoms with Crippen LogP contribution < -0.4 is 10.6 Å². The third kappa shape index (κ3) is 5.56. The van der Waals surface area contributed by atoms with E-state index in [0.717, 1.165) is 11.1 Å². The number of halogens is 1. The molecule has 4 unspecified atom stereocenters. The molecule has 1 amide bonds. The lowest BCUT2D eigenvalue weighted by Gasteiger charge is -2.15. The van der Waals surface area contributed by atoms with E-state index in [1.807, 2.05) is 6.07 Å². The Balaban J connectivity index is 1.42. The summed E-state index contributed by atoms with van der Waals surface area (Å²) < 4.78 is 18.6. The minimum atomic E-state index is -1.14. The quantitative estimate of drug-likeness (QED) is 0.525. The zero-order chi connectivity index (χ0) is 19.9. The molecule has 2 aromatic rings. The van der Waals surface area contributed by atoms with Gasteiger partial charge in [0.25, 0.3) is 0 Å². The van der Waals surface area contributed by atoms with Crippen LogP contribution in [-0.4, -0.2) is 52.1 Å². The molecule has 3 rings (SSSR count). The number of pyridine rings is 1. The highest BCUT2D eigenvalue weighted by atomic mass is 19.1. The molecule has 0 bridgehead atoms. The van der Waals surface area contributed by atoms with E-state index in [1.165, 1.54) is 12.1 Å². The van der Waals surface area contributed by atoms with Crippen LogP contribution in [0.15, 0.2) is 48.8 Å². The molecule has 1 saturated heterocycles. The van der Waals surface area contributed by atoms with Crippen LogP contribution in [0.25, 0.3) is 0 Å². The van der Waals surface area contributed by atoms with E-state index in [2.05, 4.69) is 15.6 Å². The van der Waals surface area contributed by atoms with E-state index >= 15 is 0 Å². The fourth-order valence-corrected chi connectivity index (χ4v) is 3.08. The number of rotatable bonds is 8. The van der Waals surface area contributed by atoms with E-state index in [0.29, 0.717) is 19.6 Å². The molecule has 7 nitrogen and oxygen atoms in total. The molecule has 1 aliphatic heterocycles. The molecule has 0 spiro atoms. The van der Waals surface area contributed by atoms with Gasteiger partial charge in [-0.15, -0.1) is 0 Å². The third-order valence-corrected chi connectivity index (χ3v) is 4.65. The minimum absolute atomic E-state index is 0.0487. The summed E-state index contributed by atoms with van der Waals surface area (Å²) in [6.07, 6.45) is -0.368. The summed E-state index contributed by atoms with van der Waals surface area (Å²) in [6.45, 7) is 1.10. The van der Waals surface area contributed by atoms with Crippen LogP contribution in [-0.2, 0) is 22.6 Å². The van der Waals surface area contributed by atoms with Crippen molar-refractivity contribution in [1.29, 1.82) is 0 Å². The van der Waals surface area contributed by atoms with Crippen molar-refractivity contribution >= 4 is 5.91 Å². The number of ether oxygens (including phenoxy) is 1. The van der Waals surface area contributed by atoms with E-state index in [-0.39, 0.29) is 18.1 Å². The number of hydrogen-bond donors (Lipinski definition) is 4. The van der Waals surface area contributed by atoms with Crippen molar-refractivity contribution < 1.29 is 24.1 Å². The summed E-state index contributed by atoms with van der Waals surface area (Å²) in [5, 5.41) is 26.2. The number of nitrogens with one attached hydrogen (secondary N) is 2. The van der Waals surface area contributed by atoms with Gasteiger partial charge in [0.15, 0.2) is 0 Å². The first-order chi connectivity index (χ1) is 13.5. The van der Waals surface area contributed by atoms with Crippen molar-refractivity contribution in [2.45, 2.75) is 43.9 Å². The Morgan fingerprint density at radius 1 is 1.07 bits per heavy atom. The van der Waals surface area contributed by atoms with Gasteiger partial charge in [0.2, 0.25) is 5.91 Å².